The van der Waals surface area contributed by atoms with Crippen molar-refractivity contribution < 1.29 is 0 Å². The van der Waals surface area contributed by atoms with Crippen molar-refractivity contribution in [2.45, 2.75) is 0 Å². The highest BCUT2D eigenvalue weighted by atomic mass is 32.1. The summed E-state index contributed by atoms with van der Waals surface area (Å²) < 4.78 is 2.61. The van der Waals surface area contributed by atoms with Crippen LogP contribution in [0.15, 0.2) is 158 Å². The maximum atomic E-state index is 3.79. The number of thiophene rings is 1. The van der Waals surface area contributed by atoms with E-state index in [0.29, 0.717) is 0 Å². The zero-order chi connectivity index (χ0) is 27.9. The first kappa shape index (κ1) is 24.6. The summed E-state index contributed by atoms with van der Waals surface area (Å²) in [5.41, 5.74) is 9.67. The highest BCUT2D eigenvalue weighted by Crippen LogP contribution is 2.46. The molecule has 0 fully saturated rings. The molecule has 0 unspecified atom stereocenters. The molecule has 0 bridgehead atoms. The number of anilines is 2. The molecule has 1 N–H and O–H groups in total. The third-order valence-corrected chi connectivity index (χ3v) is 9.33. The second kappa shape index (κ2) is 10.3. The van der Waals surface area contributed by atoms with Crippen LogP contribution < -0.4 is 5.32 Å². The fourth-order valence-electron chi connectivity index (χ4n) is 6.08. The van der Waals surface area contributed by atoms with Crippen molar-refractivity contribution in [2.75, 3.05) is 5.32 Å². The van der Waals surface area contributed by atoms with E-state index in [4.69, 9.17) is 0 Å². The Morgan fingerprint density at radius 3 is 1.67 bits per heavy atom. The molecule has 8 rings (SSSR count). The van der Waals surface area contributed by atoms with Crippen LogP contribution in [0.4, 0.5) is 11.4 Å². The fraction of sp³-hybridized carbons (Fsp3) is 0. The molecule has 1 heterocycles. The van der Waals surface area contributed by atoms with Crippen LogP contribution in [-0.4, -0.2) is 0 Å². The lowest BCUT2D eigenvalue weighted by Crippen LogP contribution is -1.92. The molecule has 198 valence electrons. The topological polar surface area (TPSA) is 12.0 Å². The van der Waals surface area contributed by atoms with Gasteiger partial charge in [-0.1, -0.05) is 140 Å². The van der Waals surface area contributed by atoms with Crippen LogP contribution >= 0.6 is 11.3 Å². The van der Waals surface area contributed by atoms with Gasteiger partial charge in [0.1, 0.15) is 0 Å². The van der Waals surface area contributed by atoms with Crippen molar-refractivity contribution in [1.29, 1.82) is 0 Å². The third kappa shape index (κ3) is 4.25. The lowest BCUT2D eigenvalue weighted by atomic mass is 9.94. The highest BCUT2D eigenvalue weighted by molar-refractivity contribution is 7.27. The van der Waals surface area contributed by atoms with E-state index in [1.807, 2.05) is 11.3 Å². The Bertz CT molecular complexity index is 2190. The van der Waals surface area contributed by atoms with Gasteiger partial charge < -0.3 is 5.32 Å². The lowest BCUT2D eigenvalue weighted by molar-refractivity contribution is 1.56. The van der Waals surface area contributed by atoms with Crippen molar-refractivity contribution in [3.8, 4) is 33.4 Å². The van der Waals surface area contributed by atoms with Gasteiger partial charge in [0.05, 0.1) is 10.4 Å². The van der Waals surface area contributed by atoms with Gasteiger partial charge >= 0.3 is 0 Å². The molecule has 0 spiro atoms. The van der Waals surface area contributed by atoms with Crippen molar-refractivity contribution in [1.82, 2.24) is 0 Å². The third-order valence-electron chi connectivity index (χ3n) is 8.06. The van der Waals surface area contributed by atoms with E-state index in [0.717, 1.165) is 11.4 Å². The molecule has 0 saturated heterocycles. The number of rotatable bonds is 5. The Morgan fingerprint density at radius 1 is 0.405 bits per heavy atom. The molecule has 2 heteroatoms. The summed E-state index contributed by atoms with van der Waals surface area (Å²) in [6, 6.07) is 56.5. The van der Waals surface area contributed by atoms with Crippen molar-refractivity contribution >= 4 is 53.7 Å². The minimum Gasteiger partial charge on any atom is -0.354 e. The van der Waals surface area contributed by atoms with Gasteiger partial charge in [-0.25, -0.2) is 0 Å². The number of nitrogens with one attached hydrogen (secondary N) is 1. The van der Waals surface area contributed by atoms with E-state index < -0.39 is 0 Å². The van der Waals surface area contributed by atoms with Gasteiger partial charge in [-0.15, -0.1) is 11.3 Å². The van der Waals surface area contributed by atoms with E-state index >= 15 is 0 Å². The van der Waals surface area contributed by atoms with Crippen LogP contribution in [0.25, 0.3) is 64.3 Å². The first-order valence-corrected chi connectivity index (χ1v) is 15.1. The standard InChI is InChI=1S/C40H27NS/c1-3-12-27(13-4-1)32-17-9-10-18-33(32)29-22-24-31(25-23-29)41-37-26-30-16-7-8-19-34(30)38-36-21-11-20-35(39(36)42-40(37)38)28-14-5-2-6-15-28/h1-26,41H. The molecule has 1 nitrogen and oxygen atoms in total. The highest BCUT2D eigenvalue weighted by Gasteiger charge is 2.16. The van der Waals surface area contributed by atoms with E-state index in [2.05, 4.69) is 163 Å². The maximum absolute atomic E-state index is 3.79. The molecule has 0 radical (unpaired) electrons. The van der Waals surface area contributed by atoms with Crippen molar-refractivity contribution in [2.24, 2.45) is 0 Å². The second-order valence-corrected chi connectivity index (χ2v) is 11.6. The van der Waals surface area contributed by atoms with Crippen molar-refractivity contribution in [3.63, 3.8) is 0 Å². The van der Waals surface area contributed by atoms with Gasteiger partial charge in [0.2, 0.25) is 0 Å². The van der Waals surface area contributed by atoms with E-state index in [1.54, 1.807) is 0 Å². The van der Waals surface area contributed by atoms with Crippen LogP contribution in [0.3, 0.4) is 0 Å². The van der Waals surface area contributed by atoms with Gasteiger partial charge in [-0.3, -0.25) is 0 Å². The summed E-state index contributed by atoms with van der Waals surface area (Å²) in [7, 11) is 0. The van der Waals surface area contributed by atoms with E-state index in [-0.39, 0.29) is 0 Å². The predicted octanol–water partition coefficient (Wildman–Crippen LogP) is 12.0. The molecule has 0 amide bonds. The first-order valence-electron chi connectivity index (χ1n) is 14.3. The number of fused-ring (bicyclic) bond motifs is 5. The average Bonchev–Trinajstić information content (AvgIpc) is 3.47. The van der Waals surface area contributed by atoms with Crippen molar-refractivity contribution in [3.05, 3.63) is 158 Å². The van der Waals surface area contributed by atoms with Crippen LogP contribution in [-0.2, 0) is 0 Å². The van der Waals surface area contributed by atoms with Gasteiger partial charge in [0, 0.05) is 21.2 Å². The first-order chi connectivity index (χ1) is 20.8. The molecule has 0 saturated carbocycles. The quantitative estimate of drug-likeness (QED) is 0.223. The molecule has 0 aliphatic heterocycles. The summed E-state index contributed by atoms with van der Waals surface area (Å²) in [6.07, 6.45) is 0. The number of hydrogen-bond acceptors (Lipinski definition) is 2. The number of benzene rings is 7. The summed E-state index contributed by atoms with van der Waals surface area (Å²) in [4.78, 5) is 0. The van der Waals surface area contributed by atoms with Crippen LogP contribution in [0.2, 0.25) is 0 Å². The van der Waals surface area contributed by atoms with Gasteiger partial charge in [-0.05, 0) is 62.4 Å². The van der Waals surface area contributed by atoms with Crippen LogP contribution in [0.1, 0.15) is 0 Å². The molecule has 0 aliphatic rings. The molecular weight excluding hydrogens is 527 g/mol. The predicted molar refractivity (Wildman–Crippen MR) is 183 cm³/mol. The lowest BCUT2D eigenvalue weighted by Gasteiger charge is -2.13. The Labute approximate surface area is 249 Å². The maximum Gasteiger partial charge on any atom is 0.0597 e. The SMILES string of the molecule is c1ccc(-c2ccccc2-c2ccc(Nc3cc4ccccc4c4c3sc3c(-c5ccccc5)cccc34)cc2)cc1. The molecular formula is C40H27NS. The van der Waals surface area contributed by atoms with E-state index in [1.165, 1.54) is 64.3 Å². The normalized spacial score (nSPS) is 11.3. The minimum absolute atomic E-state index is 1.08. The Morgan fingerprint density at radius 2 is 0.952 bits per heavy atom. The monoisotopic (exact) mass is 553 g/mol. The summed E-state index contributed by atoms with van der Waals surface area (Å²) in [6.45, 7) is 0. The molecule has 42 heavy (non-hydrogen) atoms. The number of hydrogen-bond donors (Lipinski definition) is 1. The Balaban J connectivity index is 1.24. The van der Waals surface area contributed by atoms with Gasteiger partial charge in [0.15, 0.2) is 0 Å². The molecule has 7 aromatic carbocycles. The summed E-state index contributed by atoms with van der Waals surface area (Å²) >= 11 is 1.88. The summed E-state index contributed by atoms with van der Waals surface area (Å²) in [5.74, 6) is 0. The van der Waals surface area contributed by atoms with Gasteiger partial charge in [0.25, 0.3) is 0 Å². The van der Waals surface area contributed by atoms with Crippen LogP contribution in [0, 0.1) is 0 Å². The fourth-order valence-corrected chi connectivity index (χ4v) is 7.40. The molecule has 0 atom stereocenters. The van der Waals surface area contributed by atoms with E-state index in [9.17, 15) is 0 Å². The molecule has 8 aromatic rings. The Kier molecular flexibility index (Phi) is 6.05. The molecule has 1 aromatic heterocycles. The smallest absolute Gasteiger partial charge is 0.0597 e. The molecule has 0 aliphatic carbocycles. The average molecular weight is 554 g/mol. The zero-order valence-electron chi connectivity index (χ0n) is 22.9. The van der Waals surface area contributed by atoms with Gasteiger partial charge in [-0.2, -0.15) is 0 Å². The second-order valence-electron chi connectivity index (χ2n) is 10.6. The summed E-state index contributed by atoms with van der Waals surface area (Å²) in [5, 5.41) is 8.96. The largest absolute Gasteiger partial charge is 0.354 e. The zero-order valence-corrected chi connectivity index (χ0v) is 23.7. The van der Waals surface area contributed by atoms with Crippen LogP contribution in [0.5, 0.6) is 0 Å². The Hall–Kier alpha value is -5.18. The minimum atomic E-state index is 1.08.